The van der Waals surface area contributed by atoms with Crippen molar-refractivity contribution >= 4 is 5.69 Å². The molecule has 3 nitrogen and oxygen atoms in total. The van der Waals surface area contributed by atoms with Gasteiger partial charge in [0, 0.05) is 28.5 Å². The standard InChI is InChI=1S/C8H12N2O/c1-5-4-10(11)7(3)6(2)8(5)9/h4,9,11H,1-3H3/p+1. The summed E-state index contributed by atoms with van der Waals surface area (Å²) >= 11 is 0. The lowest BCUT2D eigenvalue weighted by molar-refractivity contribution is -0.909. The Bertz CT molecular complexity index is 268. The van der Waals surface area contributed by atoms with Gasteiger partial charge in [0.2, 0.25) is 11.9 Å². The maximum atomic E-state index is 9.27. The molecule has 0 aliphatic heterocycles. The van der Waals surface area contributed by atoms with Crippen molar-refractivity contribution in [2.75, 3.05) is 5.73 Å². The van der Waals surface area contributed by atoms with Crippen LogP contribution < -0.4 is 10.5 Å². The number of hydrogen-bond donors (Lipinski definition) is 2. The van der Waals surface area contributed by atoms with Gasteiger partial charge in [0.15, 0.2) is 0 Å². The van der Waals surface area contributed by atoms with Gasteiger partial charge in [0.1, 0.15) is 0 Å². The third-order valence-corrected chi connectivity index (χ3v) is 2.03. The molecule has 3 heteroatoms. The summed E-state index contributed by atoms with van der Waals surface area (Å²) in [5.41, 5.74) is 9.11. The fraction of sp³-hybridized carbons (Fsp3) is 0.375. The van der Waals surface area contributed by atoms with E-state index in [2.05, 4.69) is 0 Å². The molecule has 0 aliphatic rings. The van der Waals surface area contributed by atoms with Crippen LogP contribution in [0.3, 0.4) is 0 Å². The van der Waals surface area contributed by atoms with Gasteiger partial charge >= 0.3 is 0 Å². The van der Waals surface area contributed by atoms with Crippen molar-refractivity contribution in [1.82, 2.24) is 0 Å². The van der Waals surface area contributed by atoms with Gasteiger partial charge in [0.05, 0.1) is 0 Å². The summed E-state index contributed by atoms with van der Waals surface area (Å²) in [6, 6.07) is 0. The second-order valence-corrected chi connectivity index (χ2v) is 2.78. The van der Waals surface area contributed by atoms with E-state index in [0.29, 0.717) is 0 Å². The predicted molar refractivity (Wildman–Crippen MR) is 42.4 cm³/mol. The normalized spacial score (nSPS) is 10.1. The van der Waals surface area contributed by atoms with Crippen LogP contribution in [0.1, 0.15) is 16.8 Å². The van der Waals surface area contributed by atoms with Gasteiger partial charge < -0.3 is 5.73 Å². The highest BCUT2D eigenvalue weighted by atomic mass is 16.5. The molecule has 11 heavy (non-hydrogen) atoms. The van der Waals surface area contributed by atoms with Gasteiger partial charge in [-0.3, -0.25) is 5.21 Å². The third kappa shape index (κ3) is 1.13. The summed E-state index contributed by atoms with van der Waals surface area (Å²) in [6.45, 7) is 5.59. The Balaban J connectivity index is 3.46. The average molecular weight is 153 g/mol. The highest BCUT2D eigenvalue weighted by Gasteiger charge is 2.13. The van der Waals surface area contributed by atoms with Crippen LogP contribution >= 0.6 is 0 Å². The molecule has 0 saturated carbocycles. The lowest BCUT2D eigenvalue weighted by Gasteiger charge is -2.02. The molecule has 0 aromatic carbocycles. The molecule has 0 radical (unpaired) electrons. The van der Waals surface area contributed by atoms with E-state index in [1.807, 2.05) is 20.8 Å². The number of hydrogen-bond acceptors (Lipinski definition) is 2. The molecule has 0 saturated heterocycles. The van der Waals surface area contributed by atoms with Crippen LogP contribution in [-0.2, 0) is 0 Å². The first-order valence-electron chi connectivity index (χ1n) is 3.51. The van der Waals surface area contributed by atoms with E-state index in [4.69, 9.17) is 5.73 Å². The maximum Gasteiger partial charge on any atom is 0.236 e. The van der Waals surface area contributed by atoms with Crippen molar-refractivity contribution in [2.24, 2.45) is 0 Å². The maximum absolute atomic E-state index is 9.27. The Kier molecular flexibility index (Phi) is 1.72. The molecular formula is C8H13N2O+. The number of aromatic nitrogens is 1. The van der Waals surface area contributed by atoms with E-state index < -0.39 is 0 Å². The highest BCUT2D eigenvalue weighted by molar-refractivity contribution is 5.51. The van der Waals surface area contributed by atoms with E-state index >= 15 is 0 Å². The number of aryl methyl sites for hydroxylation is 1. The summed E-state index contributed by atoms with van der Waals surface area (Å²) < 4.78 is 1.10. The van der Waals surface area contributed by atoms with E-state index in [1.165, 1.54) is 0 Å². The van der Waals surface area contributed by atoms with Crippen LogP contribution in [0.2, 0.25) is 0 Å². The largest absolute Gasteiger partial charge is 0.398 e. The second-order valence-electron chi connectivity index (χ2n) is 2.78. The fourth-order valence-corrected chi connectivity index (χ4v) is 1.01. The number of nitrogens with two attached hydrogens (primary N) is 1. The summed E-state index contributed by atoms with van der Waals surface area (Å²) in [6.07, 6.45) is 1.61. The Morgan fingerprint density at radius 2 is 1.91 bits per heavy atom. The summed E-state index contributed by atoms with van der Waals surface area (Å²) in [5.74, 6) is 0. The zero-order valence-corrected chi connectivity index (χ0v) is 7.05. The Labute approximate surface area is 66.0 Å². The van der Waals surface area contributed by atoms with Gasteiger partial charge in [-0.25, -0.2) is 0 Å². The average Bonchev–Trinajstić information content (AvgIpc) is 1.97. The van der Waals surface area contributed by atoms with E-state index in [1.54, 1.807) is 6.20 Å². The molecule has 1 rings (SSSR count). The quantitative estimate of drug-likeness (QED) is 0.426. The van der Waals surface area contributed by atoms with Crippen LogP contribution in [0.4, 0.5) is 5.69 Å². The second kappa shape index (κ2) is 2.42. The minimum atomic E-state index is 0.757. The molecule has 0 amide bonds. The van der Waals surface area contributed by atoms with Gasteiger partial charge in [0.25, 0.3) is 0 Å². The van der Waals surface area contributed by atoms with E-state index in [-0.39, 0.29) is 0 Å². The summed E-state index contributed by atoms with van der Waals surface area (Å²) in [5, 5.41) is 9.27. The van der Waals surface area contributed by atoms with Crippen LogP contribution in [0.5, 0.6) is 0 Å². The van der Waals surface area contributed by atoms with Crippen molar-refractivity contribution in [1.29, 1.82) is 0 Å². The van der Waals surface area contributed by atoms with E-state index in [9.17, 15) is 5.21 Å². The first-order chi connectivity index (χ1) is 5.04. The molecule has 0 atom stereocenters. The monoisotopic (exact) mass is 153 g/mol. The Morgan fingerprint density at radius 3 is 2.45 bits per heavy atom. The number of pyridine rings is 1. The summed E-state index contributed by atoms with van der Waals surface area (Å²) in [7, 11) is 0. The zero-order valence-electron chi connectivity index (χ0n) is 7.05. The molecule has 0 aliphatic carbocycles. The van der Waals surface area contributed by atoms with Crippen molar-refractivity contribution in [3.63, 3.8) is 0 Å². The fourth-order valence-electron chi connectivity index (χ4n) is 1.01. The number of anilines is 1. The van der Waals surface area contributed by atoms with Crippen LogP contribution in [0, 0.1) is 20.8 Å². The van der Waals surface area contributed by atoms with Crippen molar-refractivity contribution in [2.45, 2.75) is 20.8 Å². The molecular weight excluding hydrogens is 140 g/mol. The molecule has 0 unspecified atom stereocenters. The first kappa shape index (κ1) is 7.85. The van der Waals surface area contributed by atoms with Crippen LogP contribution in [-0.4, -0.2) is 5.21 Å². The van der Waals surface area contributed by atoms with Gasteiger partial charge in [-0.15, -0.1) is 0 Å². The molecule has 0 bridgehead atoms. The molecule has 1 aromatic rings. The van der Waals surface area contributed by atoms with Crippen molar-refractivity contribution in [3.05, 3.63) is 23.0 Å². The summed E-state index contributed by atoms with van der Waals surface area (Å²) in [4.78, 5) is 0. The van der Waals surface area contributed by atoms with Crippen LogP contribution in [0.15, 0.2) is 6.20 Å². The van der Waals surface area contributed by atoms with Crippen LogP contribution in [0.25, 0.3) is 0 Å². The molecule has 0 spiro atoms. The van der Waals surface area contributed by atoms with Crippen molar-refractivity contribution in [3.8, 4) is 0 Å². The minimum Gasteiger partial charge on any atom is -0.398 e. The number of rotatable bonds is 0. The molecule has 1 heterocycles. The zero-order chi connectivity index (χ0) is 8.59. The van der Waals surface area contributed by atoms with E-state index in [0.717, 1.165) is 27.2 Å². The van der Waals surface area contributed by atoms with Gasteiger partial charge in [-0.2, -0.15) is 0 Å². The molecule has 0 fully saturated rings. The predicted octanol–water partition coefficient (Wildman–Crippen LogP) is 0.719. The topological polar surface area (TPSA) is 50.1 Å². The Morgan fingerprint density at radius 1 is 1.36 bits per heavy atom. The highest BCUT2D eigenvalue weighted by Crippen LogP contribution is 2.14. The van der Waals surface area contributed by atoms with Gasteiger partial charge in [-0.1, -0.05) is 0 Å². The smallest absolute Gasteiger partial charge is 0.236 e. The molecule has 1 aromatic heterocycles. The van der Waals surface area contributed by atoms with Gasteiger partial charge in [-0.05, 0) is 13.8 Å². The Hall–Kier alpha value is -1.25. The minimum absolute atomic E-state index is 0.757. The molecule has 3 N–H and O–H groups in total. The molecule has 60 valence electrons. The lowest BCUT2D eigenvalue weighted by Crippen LogP contribution is -2.35. The number of nitrogens with zero attached hydrogens (tertiary/aromatic N) is 1. The first-order valence-corrected chi connectivity index (χ1v) is 3.51. The SMILES string of the molecule is Cc1c[n+](O)c(C)c(C)c1N. The van der Waals surface area contributed by atoms with Crippen molar-refractivity contribution < 1.29 is 9.94 Å². The number of nitrogen functional groups attached to an aromatic ring is 1. The third-order valence-electron chi connectivity index (χ3n) is 2.03. The lowest BCUT2D eigenvalue weighted by atomic mass is 10.1.